The molecule has 14 nitrogen and oxygen atoms in total. The summed E-state index contributed by atoms with van der Waals surface area (Å²) in [5.74, 6) is 1.41. The molecule has 8 rings (SSSR count). The van der Waals surface area contributed by atoms with Gasteiger partial charge in [0.25, 0.3) is 0 Å². The summed E-state index contributed by atoms with van der Waals surface area (Å²) in [7, 11) is 4.42. The predicted octanol–water partition coefficient (Wildman–Crippen LogP) is 8.06. The molecule has 0 bridgehead atoms. The van der Waals surface area contributed by atoms with Crippen LogP contribution < -0.4 is 10.6 Å². The van der Waals surface area contributed by atoms with Crippen LogP contribution in [-0.4, -0.2) is 101 Å². The molecular weight excluding hydrogens is 797 g/mol. The molecule has 63 heavy (non-hydrogen) atoms. The third-order valence-corrected chi connectivity index (χ3v) is 13.2. The molecule has 3 amide bonds. The quantitative estimate of drug-likeness (QED) is 0.0808. The highest BCUT2D eigenvalue weighted by atomic mass is 16.7. The van der Waals surface area contributed by atoms with Crippen molar-refractivity contribution in [3.05, 3.63) is 83.6 Å². The van der Waals surface area contributed by atoms with Gasteiger partial charge in [-0.3, -0.25) is 14.9 Å². The first-order valence-electron chi connectivity index (χ1n) is 22.6. The van der Waals surface area contributed by atoms with Crippen molar-refractivity contribution in [1.82, 2.24) is 40.4 Å². The number of carbonyl (C=O) groups excluding carboxylic acids is 3. The molecule has 14 heteroatoms. The van der Waals surface area contributed by atoms with Gasteiger partial charge in [0, 0.05) is 27.3 Å². The van der Waals surface area contributed by atoms with E-state index in [0.717, 1.165) is 90.9 Å². The van der Waals surface area contributed by atoms with Gasteiger partial charge in [0.2, 0.25) is 18.2 Å². The summed E-state index contributed by atoms with van der Waals surface area (Å²) in [5, 5.41) is 5.96. The molecule has 0 unspecified atom stereocenters. The van der Waals surface area contributed by atoms with E-state index in [1.807, 2.05) is 43.7 Å². The molecule has 0 spiro atoms. The molecule has 2 saturated heterocycles. The number of ether oxygens (including phenoxy) is 3. The van der Waals surface area contributed by atoms with E-state index in [-0.39, 0.29) is 35.7 Å². The monoisotopic (exact) mass is 858 g/mol. The van der Waals surface area contributed by atoms with Gasteiger partial charge in [0.15, 0.2) is 0 Å². The third-order valence-electron chi connectivity index (χ3n) is 13.2. The van der Waals surface area contributed by atoms with Gasteiger partial charge in [-0.25, -0.2) is 14.8 Å². The number of methoxy groups -OCH3 is 3. The second-order valence-electron chi connectivity index (χ2n) is 17.9. The van der Waals surface area contributed by atoms with Crippen LogP contribution in [0.3, 0.4) is 0 Å². The lowest BCUT2D eigenvalue weighted by atomic mass is 9.81. The molecule has 2 aromatic heterocycles. The molecule has 2 fully saturated rings. The molecule has 0 saturated carbocycles. The predicted molar refractivity (Wildman–Crippen MR) is 242 cm³/mol. The van der Waals surface area contributed by atoms with Crippen LogP contribution >= 0.6 is 0 Å². The van der Waals surface area contributed by atoms with Crippen molar-refractivity contribution in [3.8, 4) is 33.5 Å². The lowest BCUT2D eigenvalue weighted by Gasteiger charge is -2.32. The average Bonchev–Trinajstić information content (AvgIpc) is 4.14. The Balaban J connectivity index is 1.00. The van der Waals surface area contributed by atoms with E-state index in [1.165, 1.54) is 34.9 Å². The summed E-state index contributed by atoms with van der Waals surface area (Å²) in [6.45, 7) is 9.17. The summed E-state index contributed by atoms with van der Waals surface area (Å²) in [5.41, 5.74) is 11.4. The number of imidazole rings is 2. The second kappa shape index (κ2) is 19.0. The summed E-state index contributed by atoms with van der Waals surface area (Å²) in [6.07, 6.45) is 8.32. The summed E-state index contributed by atoms with van der Waals surface area (Å²) in [4.78, 5) is 60.4. The number of likely N-dealkylation sites (tertiary alicyclic amines) is 2. The average molecular weight is 859 g/mol. The molecule has 0 radical (unpaired) electrons. The van der Waals surface area contributed by atoms with Crippen LogP contribution in [0.1, 0.15) is 101 Å². The zero-order valence-electron chi connectivity index (χ0n) is 37.6. The molecule has 334 valence electrons. The number of alkyl carbamates (subject to hydrolysis) is 1. The van der Waals surface area contributed by atoms with Crippen molar-refractivity contribution < 1.29 is 28.6 Å². The largest absolute Gasteiger partial charge is 0.453 e. The molecule has 5 aromatic rings. The van der Waals surface area contributed by atoms with Gasteiger partial charge < -0.3 is 39.3 Å². The SMILES string of the molecule is COC(=O)N[C@H](C(=O)N1CCC[C@H]1c1ncc(-c2ccc(-c3ccc(-c4ccc5nc([C@@H]6CCCN6C(=O)[C@@H](NC(OC)OC)C(C)C)[nH]c5c4)c4c3CCCC4)cc2)[nH]1)C(C)C. The van der Waals surface area contributed by atoms with E-state index in [4.69, 9.17) is 24.2 Å². The molecule has 4 heterocycles. The van der Waals surface area contributed by atoms with E-state index in [2.05, 4.69) is 75.2 Å². The fourth-order valence-corrected chi connectivity index (χ4v) is 9.86. The van der Waals surface area contributed by atoms with Gasteiger partial charge in [0.05, 0.1) is 48.2 Å². The first-order chi connectivity index (χ1) is 30.5. The molecule has 2 aliphatic heterocycles. The van der Waals surface area contributed by atoms with Crippen molar-refractivity contribution in [2.75, 3.05) is 34.4 Å². The number of nitrogens with zero attached hydrogens (tertiary/aromatic N) is 4. The van der Waals surface area contributed by atoms with E-state index in [0.29, 0.717) is 13.1 Å². The minimum Gasteiger partial charge on any atom is -0.453 e. The number of H-pyrrole nitrogens is 2. The second-order valence-corrected chi connectivity index (χ2v) is 17.9. The first-order valence-corrected chi connectivity index (χ1v) is 22.6. The van der Waals surface area contributed by atoms with Gasteiger partial charge in [-0.15, -0.1) is 0 Å². The standard InChI is InChI=1S/C49H62N8O6/c1-28(2)42(54-48(60)61-5)46(58)56-24-10-14-40(56)44-50-27-39(53-44)31-18-16-30(17-19-31)33-21-22-34(36-13-9-8-12-35(33)36)32-20-23-37-38(26-32)52-45(51-37)41-15-11-25-57(41)47(59)43(29(3)4)55-49(62-6)63-7/h16-23,26-29,40-43,49,55H,8-15,24-25H2,1-7H3,(H,50,53)(H,51,52)(H,54,60)/t40-,41-,42-,43-/m0/s1. The number of nitrogens with one attached hydrogen (secondary N) is 4. The van der Waals surface area contributed by atoms with E-state index >= 15 is 0 Å². The highest BCUT2D eigenvalue weighted by Gasteiger charge is 2.39. The lowest BCUT2D eigenvalue weighted by molar-refractivity contribution is -0.151. The number of amides is 3. The number of hydrogen-bond acceptors (Lipinski definition) is 9. The van der Waals surface area contributed by atoms with Crippen LogP contribution in [0.25, 0.3) is 44.5 Å². The summed E-state index contributed by atoms with van der Waals surface area (Å²) in [6, 6.07) is 18.2. The number of carbonyl (C=O) groups is 3. The topological polar surface area (TPSA) is 167 Å². The number of aromatic amines is 2. The maximum Gasteiger partial charge on any atom is 0.407 e. The van der Waals surface area contributed by atoms with Crippen LogP contribution in [0.5, 0.6) is 0 Å². The maximum atomic E-state index is 14.0. The Morgan fingerprint density at radius 3 is 1.87 bits per heavy atom. The first kappa shape index (κ1) is 44.1. The number of fused-ring (bicyclic) bond motifs is 2. The van der Waals surface area contributed by atoms with Crippen LogP contribution in [0.4, 0.5) is 4.79 Å². The maximum absolute atomic E-state index is 14.0. The van der Waals surface area contributed by atoms with Crippen molar-refractivity contribution in [3.63, 3.8) is 0 Å². The molecule has 4 N–H and O–H groups in total. The van der Waals surface area contributed by atoms with Crippen molar-refractivity contribution in [2.45, 2.75) is 110 Å². The summed E-state index contributed by atoms with van der Waals surface area (Å²) < 4.78 is 15.5. The molecule has 3 aliphatic rings. The van der Waals surface area contributed by atoms with Gasteiger partial charge in [-0.05, 0) is 114 Å². The van der Waals surface area contributed by atoms with Crippen molar-refractivity contribution in [1.29, 1.82) is 0 Å². The van der Waals surface area contributed by atoms with Gasteiger partial charge in [-0.2, -0.15) is 0 Å². The van der Waals surface area contributed by atoms with Crippen LogP contribution in [0.15, 0.2) is 60.8 Å². The molecular formula is C49H62N8O6. The van der Waals surface area contributed by atoms with Gasteiger partial charge in [0.1, 0.15) is 17.7 Å². The minimum absolute atomic E-state index is 0.0263. The van der Waals surface area contributed by atoms with Gasteiger partial charge in [-0.1, -0.05) is 70.2 Å². The van der Waals surface area contributed by atoms with Crippen molar-refractivity contribution >= 4 is 28.9 Å². The zero-order valence-corrected chi connectivity index (χ0v) is 37.6. The number of benzene rings is 3. The lowest BCUT2D eigenvalue weighted by Crippen LogP contribution is -2.53. The Kier molecular flexibility index (Phi) is 13.3. The van der Waals surface area contributed by atoms with E-state index in [9.17, 15) is 14.4 Å². The third kappa shape index (κ3) is 8.98. The number of aromatic nitrogens is 4. The Labute approximate surface area is 369 Å². The Morgan fingerprint density at radius 1 is 0.698 bits per heavy atom. The zero-order chi connectivity index (χ0) is 44.4. The normalized spacial score (nSPS) is 18.7. The highest BCUT2D eigenvalue weighted by molar-refractivity contribution is 5.87. The van der Waals surface area contributed by atoms with E-state index in [1.54, 1.807) is 14.2 Å². The smallest absolute Gasteiger partial charge is 0.407 e. The van der Waals surface area contributed by atoms with Crippen LogP contribution in [0, 0.1) is 11.8 Å². The van der Waals surface area contributed by atoms with Gasteiger partial charge >= 0.3 is 6.09 Å². The molecule has 1 aliphatic carbocycles. The van der Waals surface area contributed by atoms with Crippen molar-refractivity contribution in [2.24, 2.45) is 11.8 Å². The molecule has 4 atom stereocenters. The Hall–Kier alpha value is -5.57. The Bertz CT molecular complexity index is 2420. The minimum atomic E-state index is -0.681. The van der Waals surface area contributed by atoms with E-state index < -0.39 is 24.6 Å². The highest BCUT2D eigenvalue weighted by Crippen LogP contribution is 2.40. The molecule has 3 aromatic carbocycles. The summed E-state index contributed by atoms with van der Waals surface area (Å²) >= 11 is 0. The van der Waals surface area contributed by atoms with Crippen LogP contribution in [-0.2, 0) is 36.6 Å². The number of hydrogen-bond donors (Lipinski definition) is 4. The van der Waals surface area contributed by atoms with Crippen LogP contribution in [0.2, 0.25) is 0 Å². The fourth-order valence-electron chi connectivity index (χ4n) is 9.86. The Morgan fingerprint density at radius 2 is 1.27 bits per heavy atom. The number of rotatable bonds is 14. The fraction of sp³-hybridized carbons (Fsp3) is 0.490.